The molecule has 1 aromatic rings. The van der Waals surface area contributed by atoms with Gasteiger partial charge in [-0.25, -0.2) is 0 Å². The Hall–Kier alpha value is -1.91. The second-order valence-electron chi connectivity index (χ2n) is 6.37. The lowest BCUT2D eigenvalue weighted by atomic mass is 9.77. The van der Waals surface area contributed by atoms with Crippen LogP contribution in [0.15, 0.2) is 24.4 Å². The van der Waals surface area contributed by atoms with Crippen LogP contribution < -0.4 is 10.6 Å². The van der Waals surface area contributed by atoms with Gasteiger partial charge in [-0.15, -0.1) is 0 Å². The minimum Gasteiger partial charge on any atom is -0.356 e. The van der Waals surface area contributed by atoms with Gasteiger partial charge in [0.2, 0.25) is 11.8 Å². The van der Waals surface area contributed by atoms with Crippen LogP contribution in [-0.4, -0.2) is 23.3 Å². The zero-order valence-electron chi connectivity index (χ0n) is 14.0. The lowest BCUT2D eigenvalue weighted by Gasteiger charge is -2.34. The molecule has 0 aliphatic heterocycles. The quantitative estimate of drug-likeness (QED) is 0.847. The van der Waals surface area contributed by atoms with E-state index in [1.54, 1.807) is 13.1 Å². The molecule has 0 spiro atoms. The number of amides is 2. The van der Waals surface area contributed by atoms with Gasteiger partial charge < -0.3 is 10.6 Å². The van der Waals surface area contributed by atoms with Gasteiger partial charge in [-0.05, 0) is 49.7 Å². The van der Waals surface area contributed by atoms with Crippen LogP contribution in [0, 0.1) is 11.8 Å². The number of carbonyl (C=O) groups excluding carboxylic acids is 2. The number of hydrogen-bond acceptors (Lipinski definition) is 3. The SMILES string of the molecule is CCC(=O)N[C@H](c1ccccn1)C1CCC(CNC(C)=O)CC1. The summed E-state index contributed by atoms with van der Waals surface area (Å²) in [6.45, 7) is 4.19. The van der Waals surface area contributed by atoms with Crippen LogP contribution in [0.1, 0.15) is 57.7 Å². The summed E-state index contributed by atoms with van der Waals surface area (Å²) in [5, 5.41) is 6.06. The fourth-order valence-corrected chi connectivity index (χ4v) is 3.28. The van der Waals surface area contributed by atoms with E-state index in [1.807, 2.05) is 25.1 Å². The lowest BCUT2D eigenvalue weighted by Crippen LogP contribution is -2.37. The molecule has 2 N–H and O–H groups in total. The molecule has 0 saturated heterocycles. The lowest BCUT2D eigenvalue weighted by molar-refractivity contribution is -0.122. The molecule has 0 bridgehead atoms. The first-order chi connectivity index (χ1) is 11.1. The highest BCUT2D eigenvalue weighted by molar-refractivity contribution is 5.76. The molecule has 5 nitrogen and oxygen atoms in total. The van der Waals surface area contributed by atoms with Gasteiger partial charge in [-0.1, -0.05) is 13.0 Å². The number of aromatic nitrogens is 1. The van der Waals surface area contributed by atoms with Gasteiger partial charge in [-0.3, -0.25) is 14.6 Å². The van der Waals surface area contributed by atoms with E-state index < -0.39 is 0 Å². The van der Waals surface area contributed by atoms with Gasteiger partial charge in [0.1, 0.15) is 0 Å². The molecule has 1 fully saturated rings. The summed E-state index contributed by atoms with van der Waals surface area (Å²) < 4.78 is 0. The molecular formula is C18H27N3O2. The summed E-state index contributed by atoms with van der Waals surface area (Å²) in [5.74, 6) is 1.06. The van der Waals surface area contributed by atoms with Gasteiger partial charge in [0, 0.05) is 26.1 Å². The first-order valence-corrected chi connectivity index (χ1v) is 8.54. The van der Waals surface area contributed by atoms with Crippen molar-refractivity contribution in [3.05, 3.63) is 30.1 Å². The molecule has 126 valence electrons. The Morgan fingerprint density at radius 1 is 1.26 bits per heavy atom. The number of nitrogens with one attached hydrogen (secondary N) is 2. The third-order valence-electron chi connectivity index (χ3n) is 4.65. The number of pyridine rings is 1. The Labute approximate surface area is 138 Å². The fraction of sp³-hybridized carbons (Fsp3) is 0.611. The van der Waals surface area contributed by atoms with Gasteiger partial charge >= 0.3 is 0 Å². The van der Waals surface area contributed by atoms with E-state index in [2.05, 4.69) is 15.6 Å². The van der Waals surface area contributed by atoms with Gasteiger partial charge in [0.15, 0.2) is 0 Å². The van der Waals surface area contributed by atoms with Crippen molar-refractivity contribution in [1.29, 1.82) is 0 Å². The van der Waals surface area contributed by atoms with Crippen molar-refractivity contribution in [2.24, 2.45) is 11.8 Å². The van der Waals surface area contributed by atoms with E-state index in [0.29, 0.717) is 18.3 Å². The Bertz CT molecular complexity index is 510. The summed E-state index contributed by atoms with van der Waals surface area (Å²) >= 11 is 0. The Balaban J connectivity index is 1.98. The summed E-state index contributed by atoms with van der Waals surface area (Å²) in [7, 11) is 0. The van der Waals surface area contributed by atoms with Crippen LogP contribution in [0.25, 0.3) is 0 Å². The molecule has 2 amide bonds. The van der Waals surface area contributed by atoms with E-state index in [-0.39, 0.29) is 17.9 Å². The maximum absolute atomic E-state index is 11.9. The molecule has 2 rings (SSSR count). The Morgan fingerprint density at radius 2 is 2.00 bits per heavy atom. The Kier molecular flexibility index (Phi) is 6.56. The van der Waals surface area contributed by atoms with E-state index in [0.717, 1.165) is 37.9 Å². The van der Waals surface area contributed by atoms with Gasteiger partial charge in [0.05, 0.1) is 11.7 Å². The smallest absolute Gasteiger partial charge is 0.220 e. The van der Waals surface area contributed by atoms with Crippen molar-refractivity contribution in [2.45, 2.75) is 52.0 Å². The molecule has 1 aliphatic rings. The molecule has 1 heterocycles. The van der Waals surface area contributed by atoms with Crippen LogP contribution in [0.5, 0.6) is 0 Å². The second kappa shape index (κ2) is 8.65. The van der Waals surface area contributed by atoms with E-state index in [4.69, 9.17) is 0 Å². The zero-order valence-corrected chi connectivity index (χ0v) is 14.0. The third kappa shape index (κ3) is 5.34. The van der Waals surface area contributed by atoms with Crippen molar-refractivity contribution in [2.75, 3.05) is 6.54 Å². The standard InChI is InChI=1S/C18H27N3O2/c1-3-17(23)21-18(16-6-4-5-11-19-16)15-9-7-14(8-10-15)12-20-13(2)22/h4-6,11,14-15,18H,3,7-10,12H2,1-2H3,(H,20,22)(H,21,23)/t14?,15?,18-/m0/s1. The number of nitrogens with zero attached hydrogens (tertiary/aromatic N) is 1. The average molecular weight is 317 g/mol. The van der Waals surface area contributed by atoms with E-state index in [9.17, 15) is 9.59 Å². The maximum atomic E-state index is 11.9. The van der Waals surface area contributed by atoms with Crippen molar-refractivity contribution in [3.8, 4) is 0 Å². The summed E-state index contributed by atoms with van der Waals surface area (Å²) in [5.41, 5.74) is 0.944. The van der Waals surface area contributed by atoms with Gasteiger partial charge in [0.25, 0.3) is 0 Å². The predicted octanol–water partition coefficient (Wildman–Crippen LogP) is 2.59. The van der Waals surface area contributed by atoms with Crippen LogP contribution in [0.2, 0.25) is 0 Å². The van der Waals surface area contributed by atoms with Crippen molar-refractivity contribution in [3.63, 3.8) is 0 Å². The minimum atomic E-state index is -0.00892. The summed E-state index contributed by atoms with van der Waals surface area (Å²) in [6.07, 6.45) is 6.53. The van der Waals surface area contributed by atoms with Crippen LogP contribution in [0.4, 0.5) is 0 Å². The molecule has 1 aliphatic carbocycles. The van der Waals surface area contributed by atoms with Crippen molar-refractivity contribution >= 4 is 11.8 Å². The van der Waals surface area contributed by atoms with Gasteiger partial charge in [-0.2, -0.15) is 0 Å². The first kappa shape index (κ1) is 17.4. The summed E-state index contributed by atoms with van der Waals surface area (Å²) in [6, 6.07) is 5.84. The number of hydrogen-bond donors (Lipinski definition) is 2. The second-order valence-corrected chi connectivity index (χ2v) is 6.37. The van der Waals surface area contributed by atoms with Crippen LogP contribution in [0.3, 0.4) is 0 Å². The van der Waals surface area contributed by atoms with E-state index >= 15 is 0 Å². The van der Waals surface area contributed by atoms with Crippen LogP contribution in [-0.2, 0) is 9.59 Å². The highest BCUT2D eigenvalue weighted by Crippen LogP contribution is 2.36. The minimum absolute atomic E-state index is 0.00892. The molecule has 0 aromatic carbocycles. The fourth-order valence-electron chi connectivity index (χ4n) is 3.28. The number of carbonyl (C=O) groups is 2. The number of rotatable bonds is 6. The first-order valence-electron chi connectivity index (χ1n) is 8.54. The molecule has 5 heteroatoms. The van der Waals surface area contributed by atoms with E-state index in [1.165, 1.54) is 0 Å². The highest BCUT2D eigenvalue weighted by Gasteiger charge is 2.30. The normalized spacial score (nSPS) is 22.2. The maximum Gasteiger partial charge on any atom is 0.220 e. The molecule has 0 unspecified atom stereocenters. The average Bonchev–Trinajstić information content (AvgIpc) is 2.59. The third-order valence-corrected chi connectivity index (χ3v) is 4.65. The molecule has 0 radical (unpaired) electrons. The Morgan fingerprint density at radius 3 is 2.57 bits per heavy atom. The molecule has 23 heavy (non-hydrogen) atoms. The molecule has 1 aromatic heterocycles. The predicted molar refractivity (Wildman–Crippen MR) is 89.5 cm³/mol. The summed E-state index contributed by atoms with van der Waals surface area (Å²) in [4.78, 5) is 27.4. The monoisotopic (exact) mass is 317 g/mol. The molecule has 1 atom stereocenters. The highest BCUT2D eigenvalue weighted by atomic mass is 16.2. The molecular weight excluding hydrogens is 290 g/mol. The van der Waals surface area contributed by atoms with Crippen molar-refractivity contribution in [1.82, 2.24) is 15.6 Å². The zero-order chi connectivity index (χ0) is 16.7. The van der Waals surface area contributed by atoms with Crippen LogP contribution >= 0.6 is 0 Å². The molecule has 1 saturated carbocycles. The largest absolute Gasteiger partial charge is 0.356 e. The topological polar surface area (TPSA) is 71.1 Å². The van der Waals surface area contributed by atoms with Crippen molar-refractivity contribution < 1.29 is 9.59 Å².